The van der Waals surface area contributed by atoms with Crippen molar-refractivity contribution in [2.45, 2.75) is 19.4 Å². The number of anilines is 1. The molecule has 0 radical (unpaired) electrons. The lowest BCUT2D eigenvalue weighted by atomic mass is 10.2. The van der Waals surface area contributed by atoms with Crippen molar-refractivity contribution in [2.24, 2.45) is 0 Å². The van der Waals surface area contributed by atoms with E-state index in [1.807, 2.05) is 0 Å². The number of carbonyl (C=O) groups excluding carboxylic acids is 1. The van der Waals surface area contributed by atoms with Crippen molar-refractivity contribution in [1.82, 2.24) is 9.88 Å². The molecule has 1 aliphatic rings. The number of benzene rings is 2. The van der Waals surface area contributed by atoms with Gasteiger partial charge in [-0.05, 0) is 48.4 Å². The first-order valence-electron chi connectivity index (χ1n) is 9.20. The lowest BCUT2D eigenvalue weighted by Gasteiger charge is -2.19. The number of nitrogens with one attached hydrogen (secondary N) is 1. The van der Waals surface area contributed by atoms with Crippen LogP contribution in [0.1, 0.15) is 25.9 Å². The van der Waals surface area contributed by atoms with Crippen molar-refractivity contribution in [3.8, 4) is 0 Å². The molecule has 2 heterocycles. The van der Waals surface area contributed by atoms with Crippen LogP contribution in [0.15, 0.2) is 42.5 Å². The number of thiazole rings is 1. The summed E-state index contributed by atoms with van der Waals surface area (Å²) >= 11 is 7.27. The first-order chi connectivity index (χ1) is 14.0. The maximum atomic E-state index is 13.4. The zero-order chi connectivity index (χ0) is 20.4. The molecule has 29 heavy (non-hydrogen) atoms. The monoisotopic (exact) mass is 433 g/mol. The topological polar surface area (TPSA) is 45.2 Å². The summed E-state index contributed by atoms with van der Waals surface area (Å²) in [6.45, 7) is 2.07. The van der Waals surface area contributed by atoms with Gasteiger partial charge in [0.25, 0.3) is 5.91 Å². The van der Waals surface area contributed by atoms with Gasteiger partial charge >= 0.3 is 0 Å². The summed E-state index contributed by atoms with van der Waals surface area (Å²) in [5, 5.41) is 3.89. The molecule has 1 aromatic heterocycles. The van der Waals surface area contributed by atoms with E-state index in [1.165, 1.54) is 17.4 Å². The van der Waals surface area contributed by atoms with Gasteiger partial charge in [-0.15, -0.1) is 11.3 Å². The van der Waals surface area contributed by atoms with Crippen LogP contribution in [0.4, 0.5) is 14.5 Å². The van der Waals surface area contributed by atoms with Crippen LogP contribution >= 0.6 is 22.9 Å². The average molecular weight is 434 g/mol. The molecule has 0 bridgehead atoms. The van der Waals surface area contributed by atoms with E-state index in [1.54, 1.807) is 30.3 Å². The summed E-state index contributed by atoms with van der Waals surface area (Å²) in [5.41, 5.74) is 2.34. The molecule has 0 saturated heterocycles. The minimum Gasteiger partial charge on any atom is -0.320 e. The van der Waals surface area contributed by atoms with Crippen molar-refractivity contribution in [1.29, 1.82) is 0 Å². The Labute approximate surface area is 176 Å². The molecular weight excluding hydrogens is 416 g/mol. The third kappa shape index (κ3) is 4.80. The van der Waals surface area contributed by atoms with Gasteiger partial charge in [-0.1, -0.05) is 17.7 Å². The van der Waals surface area contributed by atoms with Crippen molar-refractivity contribution in [2.75, 3.05) is 18.4 Å². The standard InChI is InChI=1S/C21H18ClF2N3OS/c22-14-2-4-15(5-3-14)25-20(28)21-26-18-7-9-27(10-8-19(18)29-21)12-13-1-6-16(23)17(24)11-13/h1-6,11H,7-10,12H2,(H,25,28). The number of hydrogen-bond donors (Lipinski definition) is 1. The van der Waals surface area contributed by atoms with E-state index < -0.39 is 11.6 Å². The van der Waals surface area contributed by atoms with E-state index in [0.717, 1.165) is 41.7 Å². The number of amides is 1. The number of carbonyl (C=O) groups is 1. The van der Waals surface area contributed by atoms with Gasteiger partial charge in [0.2, 0.25) is 0 Å². The second-order valence-electron chi connectivity index (χ2n) is 6.87. The minimum atomic E-state index is -0.833. The highest BCUT2D eigenvalue weighted by molar-refractivity contribution is 7.13. The molecule has 1 aliphatic heterocycles. The number of halogens is 3. The normalized spacial score (nSPS) is 14.3. The Morgan fingerprint density at radius 2 is 1.86 bits per heavy atom. The van der Waals surface area contributed by atoms with Gasteiger partial charge in [-0.25, -0.2) is 13.8 Å². The van der Waals surface area contributed by atoms with Gasteiger partial charge in [0, 0.05) is 41.6 Å². The number of hydrogen-bond acceptors (Lipinski definition) is 4. The van der Waals surface area contributed by atoms with Crippen molar-refractivity contribution in [3.05, 3.63) is 80.3 Å². The first kappa shape index (κ1) is 19.9. The predicted molar refractivity (Wildman–Crippen MR) is 111 cm³/mol. The van der Waals surface area contributed by atoms with Crippen LogP contribution in [-0.4, -0.2) is 28.9 Å². The molecule has 0 fully saturated rings. The van der Waals surface area contributed by atoms with E-state index in [-0.39, 0.29) is 5.91 Å². The minimum absolute atomic E-state index is 0.232. The molecular formula is C21H18ClF2N3OS. The molecule has 0 atom stereocenters. The molecule has 4 rings (SSSR count). The van der Waals surface area contributed by atoms with Gasteiger partial charge in [0.05, 0.1) is 5.69 Å². The maximum Gasteiger partial charge on any atom is 0.284 e. The van der Waals surface area contributed by atoms with Gasteiger partial charge in [-0.2, -0.15) is 0 Å². The number of aromatic nitrogens is 1. The largest absolute Gasteiger partial charge is 0.320 e. The summed E-state index contributed by atoms with van der Waals surface area (Å²) in [4.78, 5) is 20.3. The first-order valence-corrected chi connectivity index (χ1v) is 10.4. The summed E-state index contributed by atoms with van der Waals surface area (Å²) in [6, 6.07) is 10.9. The molecule has 4 nitrogen and oxygen atoms in total. The molecule has 2 aromatic carbocycles. The molecule has 0 spiro atoms. The fourth-order valence-electron chi connectivity index (χ4n) is 3.28. The molecule has 1 amide bonds. The predicted octanol–water partition coefficient (Wildman–Crippen LogP) is 4.93. The molecule has 8 heteroatoms. The molecule has 0 saturated carbocycles. The van der Waals surface area contributed by atoms with Crippen LogP contribution in [0.2, 0.25) is 5.02 Å². The molecule has 0 aliphatic carbocycles. The van der Waals surface area contributed by atoms with Crippen LogP contribution in [0, 0.1) is 11.6 Å². The van der Waals surface area contributed by atoms with Crippen LogP contribution in [0.5, 0.6) is 0 Å². The Balaban J connectivity index is 1.39. The highest BCUT2D eigenvalue weighted by atomic mass is 35.5. The summed E-state index contributed by atoms with van der Waals surface area (Å²) in [7, 11) is 0. The van der Waals surface area contributed by atoms with E-state index in [0.29, 0.717) is 28.7 Å². The van der Waals surface area contributed by atoms with Gasteiger partial charge in [-0.3, -0.25) is 9.69 Å². The Hall–Kier alpha value is -2.35. The van der Waals surface area contributed by atoms with E-state index in [4.69, 9.17) is 11.6 Å². The van der Waals surface area contributed by atoms with Crippen LogP contribution < -0.4 is 5.32 Å². The van der Waals surface area contributed by atoms with Crippen molar-refractivity contribution >= 4 is 34.5 Å². The Kier molecular flexibility index (Phi) is 5.89. The number of nitrogens with zero attached hydrogens (tertiary/aromatic N) is 2. The van der Waals surface area contributed by atoms with E-state index >= 15 is 0 Å². The molecule has 1 N–H and O–H groups in total. The summed E-state index contributed by atoms with van der Waals surface area (Å²) < 4.78 is 26.5. The fraction of sp³-hybridized carbons (Fsp3) is 0.238. The van der Waals surface area contributed by atoms with E-state index in [9.17, 15) is 13.6 Å². The quantitative estimate of drug-likeness (QED) is 0.634. The smallest absolute Gasteiger partial charge is 0.284 e. The molecule has 0 unspecified atom stereocenters. The third-order valence-corrected chi connectivity index (χ3v) is 6.19. The summed E-state index contributed by atoms with van der Waals surface area (Å²) in [5.74, 6) is -1.89. The van der Waals surface area contributed by atoms with Gasteiger partial charge < -0.3 is 5.32 Å². The summed E-state index contributed by atoms with van der Waals surface area (Å²) in [6.07, 6.45) is 1.48. The van der Waals surface area contributed by atoms with Crippen molar-refractivity contribution in [3.63, 3.8) is 0 Å². The lowest BCUT2D eigenvalue weighted by Crippen LogP contribution is -2.26. The Morgan fingerprint density at radius 1 is 1.10 bits per heavy atom. The fourth-order valence-corrected chi connectivity index (χ4v) is 4.40. The number of rotatable bonds is 4. The Bertz CT molecular complexity index is 1010. The second kappa shape index (κ2) is 8.57. The number of fused-ring (bicyclic) bond motifs is 1. The average Bonchev–Trinajstić information content (AvgIpc) is 3.03. The Morgan fingerprint density at radius 3 is 2.62 bits per heavy atom. The molecule has 150 valence electrons. The highest BCUT2D eigenvalue weighted by Crippen LogP contribution is 2.25. The molecule has 3 aromatic rings. The third-order valence-electron chi connectivity index (χ3n) is 4.78. The zero-order valence-electron chi connectivity index (χ0n) is 15.4. The van der Waals surface area contributed by atoms with Crippen molar-refractivity contribution < 1.29 is 13.6 Å². The SMILES string of the molecule is O=C(Nc1ccc(Cl)cc1)c1nc2c(s1)CCN(Cc1ccc(F)c(F)c1)CC2. The lowest BCUT2D eigenvalue weighted by molar-refractivity contribution is 0.102. The van der Waals surface area contributed by atoms with E-state index in [2.05, 4.69) is 15.2 Å². The maximum absolute atomic E-state index is 13.4. The van der Waals surface area contributed by atoms with Gasteiger partial charge in [0.1, 0.15) is 0 Å². The second-order valence-corrected chi connectivity index (χ2v) is 8.39. The van der Waals surface area contributed by atoms with Crippen LogP contribution in [0.3, 0.4) is 0 Å². The zero-order valence-corrected chi connectivity index (χ0v) is 17.0. The van der Waals surface area contributed by atoms with Gasteiger partial charge in [0.15, 0.2) is 16.6 Å². The van der Waals surface area contributed by atoms with Crippen LogP contribution in [-0.2, 0) is 19.4 Å². The highest BCUT2D eigenvalue weighted by Gasteiger charge is 2.21. The van der Waals surface area contributed by atoms with Crippen LogP contribution in [0.25, 0.3) is 0 Å².